The third-order valence-electron chi connectivity index (χ3n) is 0.816. The van der Waals surface area contributed by atoms with Gasteiger partial charge in [0.1, 0.15) is 6.21 Å². The van der Waals surface area contributed by atoms with E-state index in [0.29, 0.717) is 6.42 Å². The molecular formula is C4H4N2O2. The summed E-state index contributed by atoms with van der Waals surface area (Å²) >= 11 is 0. The molecule has 0 radical (unpaired) electrons. The van der Waals surface area contributed by atoms with Crippen molar-refractivity contribution in [3.05, 3.63) is 22.0 Å². The second kappa shape index (κ2) is 1.73. The summed E-state index contributed by atoms with van der Waals surface area (Å²) in [4.78, 5) is 12.8. The molecule has 0 aliphatic carbocycles. The zero-order valence-electron chi connectivity index (χ0n) is 4.07. The van der Waals surface area contributed by atoms with E-state index < -0.39 is 4.92 Å². The summed E-state index contributed by atoms with van der Waals surface area (Å²) in [6.07, 6.45) is 3.58. The molecule has 0 unspecified atom stereocenters. The number of allylic oxidation sites excluding steroid dienone is 1. The zero-order chi connectivity index (χ0) is 5.98. The van der Waals surface area contributed by atoms with Gasteiger partial charge in [0, 0.05) is 12.5 Å². The molecule has 0 aromatic rings. The molecule has 42 valence electrons. The normalized spacial score (nSPS) is 16.2. The lowest BCUT2D eigenvalue weighted by Gasteiger charge is -1.84. The monoisotopic (exact) mass is 112 g/mol. The average Bonchev–Trinajstić information content (AvgIpc) is 2.12. The van der Waals surface area contributed by atoms with Crippen LogP contribution >= 0.6 is 0 Å². The van der Waals surface area contributed by atoms with E-state index in [1.165, 1.54) is 12.3 Å². The van der Waals surface area contributed by atoms with E-state index in [-0.39, 0.29) is 5.82 Å². The molecule has 8 heavy (non-hydrogen) atoms. The summed E-state index contributed by atoms with van der Waals surface area (Å²) in [6, 6.07) is 0. The van der Waals surface area contributed by atoms with Crippen LogP contribution in [-0.2, 0) is 0 Å². The first-order valence-corrected chi connectivity index (χ1v) is 2.18. The van der Waals surface area contributed by atoms with E-state index in [4.69, 9.17) is 0 Å². The highest BCUT2D eigenvalue weighted by molar-refractivity contribution is 5.63. The first-order valence-electron chi connectivity index (χ1n) is 2.18. The molecule has 0 aromatic heterocycles. The molecule has 0 amide bonds. The lowest BCUT2D eigenvalue weighted by atomic mass is 10.5. The molecule has 1 rings (SSSR count). The molecule has 0 spiro atoms. The van der Waals surface area contributed by atoms with Crippen molar-refractivity contribution in [2.24, 2.45) is 4.99 Å². The molecule has 0 N–H and O–H groups in total. The standard InChI is InChI=1S/C4H4N2O2/c7-6(8)4-2-1-3-5-4/h2-3H,1H2. The summed E-state index contributed by atoms with van der Waals surface area (Å²) in [7, 11) is 0. The molecule has 0 saturated heterocycles. The number of aliphatic imine (C=N–C) groups is 1. The van der Waals surface area contributed by atoms with Gasteiger partial charge in [0.15, 0.2) is 0 Å². The number of hydrogen-bond donors (Lipinski definition) is 0. The smallest absolute Gasteiger partial charge is 0.358 e. The summed E-state index contributed by atoms with van der Waals surface area (Å²) < 4.78 is 0. The Morgan fingerprint density at radius 2 is 2.62 bits per heavy atom. The van der Waals surface area contributed by atoms with Gasteiger partial charge in [-0.1, -0.05) is 4.99 Å². The fraction of sp³-hybridized carbons (Fsp3) is 0.250. The molecule has 4 nitrogen and oxygen atoms in total. The maximum absolute atomic E-state index is 9.83. The molecule has 0 fully saturated rings. The Morgan fingerprint density at radius 1 is 1.88 bits per heavy atom. The Morgan fingerprint density at radius 3 is 2.88 bits per heavy atom. The SMILES string of the molecule is O=[N+]([O-])C1=CCC=N1. The van der Waals surface area contributed by atoms with E-state index in [9.17, 15) is 10.1 Å². The minimum atomic E-state index is -0.497. The van der Waals surface area contributed by atoms with Crippen LogP contribution in [0.4, 0.5) is 0 Å². The van der Waals surface area contributed by atoms with Crippen molar-refractivity contribution in [2.75, 3.05) is 0 Å². The van der Waals surface area contributed by atoms with Crippen molar-refractivity contribution in [3.8, 4) is 0 Å². The maximum atomic E-state index is 9.83. The van der Waals surface area contributed by atoms with Crippen molar-refractivity contribution in [2.45, 2.75) is 6.42 Å². The van der Waals surface area contributed by atoms with E-state index in [1.807, 2.05) is 0 Å². The molecule has 1 aliphatic heterocycles. The van der Waals surface area contributed by atoms with Crippen LogP contribution in [0.2, 0.25) is 0 Å². The molecule has 1 aliphatic rings. The minimum absolute atomic E-state index is 0.0370. The fourth-order valence-electron chi connectivity index (χ4n) is 0.479. The Bertz CT molecular complexity index is 171. The van der Waals surface area contributed by atoms with E-state index in [2.05, 4.69) is 4.99 Å². The molecule has 0 atom stereocenters. The highest BCUT2D eigenvalue weighted by Crippen LogP contribution is 2.03. The van der Waals surface area contributed by atoms with Gasteiger partial charge >= 0.3 is 5.82 Å². The quantitative estimate of drug-likeness (QED) is 0.368. The van der Waals surface area contributed by atoms with Crippen LogP contribution in [0.25, 0.3) is 0 Å². The largest absolute Gasteiger partial charge is 0.359 e. The highest BCUT2D eigenvalue weighted by Gasteiger charge is 2.09. The number of rotatable bonds is 1. The topological polar surface area (TPSA) is 55.5 Å². The zero-order valence-corrected chi connectivity index (χ0v) is 4.07. The van der Waals surface area contributed by atoms with Crippen LogP contribution in [0, 0.1) is 10.1 Å². The second-order valence-electron chi connectivity index (χ2n) is 1.37. The Kier molecular flexibility index (Phi) is 1.07. The first-order chi connectivity index (χ1) is 3.80. The summed E-state index contributed by atoms with van der Waals surface area (Å²) in [6.45, 7) is 0. The summed E-state index contributed by atoms with van der Waals surface area (Å²) in [5.41, 5.74) is 0. The van der Waals surface area contributed by atoms with Crippen LogP contribution < -0.4 is 0 Å². The van der Waals surface area contributed by atoms with Gasteiger partial charge in [0.25, 0.3) is 0 Å². The molecule has 0 bridgehead atoms. The predicted octanol–water partition coefficient (Wildman–Crippen LogP) is 0.579. The molecular weight excluding hydrogens is 108 g/mol. The van der Waals surface area contributed by atoms with Crippen molar-refractivity contribution in [3.63, 3.8) is 0 Å². The van der Waals surface area contributed by atoms with Crippen molar-refractivity contribution in [1.82, 2.24) is 0 Å². The van der Waals surface area contributed by atoms with Crippen LogP contribution in [0.15, 0.2) is 16.9 Å². The summed E-state index contributed by atoms with van der Waals surface area (Å²) in [5.74, 6) is -0.0370. The number of hydrogen-bond acceptors (Lipinski definition) is 3. The fourth-order valence-corrected chi connectivity index (χ4v) is 0.479. The van der Waals surface area contributed by atoms with E-state index in [1.54, 1.807) is 0 Å². The average molecular weight is 112 g/mol. The van der Waals surface area contributed by atoms with Crippen molar-refractivity contribution in [1.29, 1.82) is 0 Å². The van der Waals surface area contributed by atoms with Crippen molar-refractivity contribution >= 4 is 6.21 Å². The third kappa shape index (κ3) is 0.726. The Hall–Kier alpha value is -1.19. The third-order valence-corrected chi connectivity index (χ3v) is 0.816. The van der Waals surface area contributed by atoms with Gasteiger partial charge in [-0.3, -0.25) is 0 Å². The van der Waals surface area contributed by atoms with Gasteiger partial charge in [-0.15, -0.1) is 0 Å². The maximum Gasteiger partial charge on any atom is 0.359 e. The minimum Gasteiger partial charge on any atom is -0.358 e. The van der Waals surface area contributed by atoms with Crippen molar-refractivity contribution < 1.29 is 4.92 Å². The second-order valence-corrected chi connectivity index (χ2v) is 1.37. The lowest BCUT2D eigenvalue weighted by Crippen LogP contribution is -1.91. The molecule has 0 aromatic carbocycles. The van der Waals surface area contributed by atoms with Crippen LogP contribution in [0.5, 0.6) is 0 Å². The van der Waals surface area contributed by atoms with Crippen LogP contribution in [-0.4, -0.2) is 11.1 Å². The van der Waals surface area contributed by atoms with Gasteiger partial charge in [-0.05, 0) is 4.92 Å². The number of nitrogens with zero attached hydrogens (tertiary/aromatic N) is 2. The lowest BCUT2D eigenvalue weighted by molar-refractivity contribution is -0.425. The van der Waals surface area contributed by atoms with Gasteiger partial charge in [0.05, 0.1) is 0 Å². The first kappa shape index (κ1) is 4.96. The Balaban J connectivity index is 2.72. The van der Waals surface area contributed by atoms with Crippen LogP contribution in [0.1, 0.15) is 6.42 Å². The Labute approximate surface area is 45.7 Å². The summed E-state index contributed by atoms with van der Waals surface area (Å²) in [5, 5.41) is 9.83. The molecule has 0 saturated carbocycles. The predicted molar refractivity (Wildman–Crippen MR) is 28.2 cm³/mol. The van der Waals surface area contributed by atoms with Gasteiger partial charge in [-0.25, -0.2) is 0 Å². The van der Waals surface area contributed by atoms with Gasteiger partial charge < -0.3 is 10.1 Å². The van der Waals surface area contributed by atoms with Gasteiger partial charge in [-0.2, -0.15) is 0 Å². The molecule has 4 heteroatoms. The van der Waals surface area contributed by atoms with E-state index >= 15 is 0 Å². The van der Waals surface area contributed by atoms with E-state index in [0.717, 1.165) is 0 Å². The molecule has 1 heterocycles. The van der Waals surface area contributed by atoms with Gasteiger partial charge in [0.2, 0.25) is 0 Å². The number of nitro groups is 1. The van der Waals surface area contributed by atoms with Crippen LogP contribution in [0.3, 0.4) is 0 Å². The highest BCUT2D eigenvalue weighted by atomic mass is 16.6.